The van der Waals surface area contributed by atoms with Crippen molar-refractivity contribution >= 4 is 56.1 Å². The van der Waals surface area contributed by atoms with Crippen LogP contribution in [0.15, 0.2) is 137 Å². The fourth-order valence-electron chi connectivity index (χ4n) is 5.72. The maximum atomic E-state index is 6.09. The minimum absolute atomic E-state index is 0.760. The number of anilines is 6. The Morgan fingerprint density at radius 3 is 1.27 bits per heavy atom. The number of para-hydroxylation sites is 2. The molecule has 0 spiro atoms. The van der Waals surface area contributed by atoms with E-state index in [4.69, 9.17) is 8.83 Å². The summed E-state index contributed by atoms with van der Waals surface area (Å²) >= 11 is 0. The monoisotopic (exact) mass is 594 g/mol. The maximum Gasteiger partial charge on any atom is 0.204 e. The van der Waals surface area contributed by atoms with Gasteiger partial charge in [-0.05, 0) is 86.5 Å². The number of aryl methyl sites for hydroxylation is 3. The van der Waals surface area contributed by atoms with Crippen molar-refractivity contribution in [3.8, 4) is 0 Å². The van der Waals surface area contributed by atoms with E-state index in [2.05, 4.69) is 109 Å². The van der Waals surface area contributed by atoms with Crippen LogP contribution in [-0.2, 0) is 0 Å². The Kier molecular flexibility index (Phi) is 9.74. The van der Waals surface area contributed by atoms with Crippen molar-refractivity contribution in [3.05, 3.63) is 144 Å². The second-order valence-electron chi connectivity index (χ2n) is 10.5. The minimum atomic E-state index is 0.760. The minimum Gasteiger partial charge on any atom is -0.448 e. The lowest BCUT2D eigenvalue weighted by Crippen LogP contribution is -2.14. The summed E-state index contributed by atoms with van der Waals surface area (Å²) in [6.07, 6.45) is 3.47. The first kappa shape index (κ1) is 31.2. The SMILES string of the molecule is CC.CC.Cc1ccc2c(N(c3ccccc3)c3ccco3)c3cc(C)c(C)cc3c(N(c3ccccc3)c3ccco3)c2c1. The van der Waals surface area contributed by atoms with Crippen molar-refractivity contribution in [2.24, 2.45) is 0 Å². The summed E-state index contributed by atoms with van der Waals surface area (Å²) in [5, 5.41) is 4.51. The molecule has 7 rings (SSSR count). The molecule has 4 heteroatoms. The van der Waals surface area contributed by atoms with Gasteiger partial charge in [0.05, 0.1) is 23.9 Å². The number of furan rings is 2. The zero-order chi connectivity index (χ0) is 31.9. The van der Waals surface area contributed by atoms with Crippen LogP contribution in [-0.4, -0.2) is 0 Å². The number of nitrogens with zero attached hydrogens (tertiary/aromatic N) is 2. The Hall–Kier alpha value is -5.22. The van der Waals surface area contributed by atoms with Gasteiger partial charge in [0.15, 0.2) is 0 Å². The van der Waals surface area contributed by atoms with Gasteiger partial charge < -0.3 is 8.83 Å². The van der Waals surface area contributed by atoms with E-state index >= 15 is 0 Å². The van der Waals surface area contributed by atoms with Crippen molar-refractivity contribution in [1.82, 2.24) is 0 Å². The summed E-state index contributed by atoms with van der Waals surface area (Å²) in [6, 6.07) is 40.1. The lowest BCUT2D eigenvalue weighted by molar-refractivity contribution is 0.573. The van der Waals surface area contributed by atoms with E-state index < -0.39 is 0 Å². The standard InChI is InChI=1S/C37H30N2O2.2C2H6/c1-25-18-19-30-31(22-25)37(39(35-17-11-21-41-35)29-14-8-5-9-15-29)33-24-27(3)26(2)23-32(33)36(30)38(34-16-10-20-40-34)28-12-6-4-7-13-28;2*1-2/h4-24H,1-3H3;2*1-2H3. The second kappa shape index (κ2) is 14.0. The normalized spacial score (nSPS) is 10.6. The number of hydrogen-bond donors (Lipinski definition) is 0. The number of rotatable bonds is 6. The molecule has 0 fully saturated rings. The zero-order valence-corrected chi connectivity index (χ0v) is 27.3. The van der Waals surface area contributed by atoms with Gasteiger partial charge >= 0.3 is 0 Å². The Labute approximate surface area is 267 Å². The van der Waals surface area contributed by atoms with Crippen molar-refractivity contribution in [2.75, 3.05) is 9.80 Å². The van der Waals surface area contributed by atoms with E-state index in [9.17, 15) is 0 Å². The molecule has 4 nitrogen and oxygen atoms in total. The highest BCUT2D eigenvalue weighted by Crippen LogP contribution is 2.51. The molecule has 0 aliphatic carbocycles. The predicted molar refractivity (Wildman–Crippen MR) is 192 cm³/mol. The molecule has 0 N–H and O–H groups in total. The van der Waals surface area contributed by atoms with Gasteiger partial charge in [0.1, 0.15) is 0 Å². The molecular formula is C41H42N2O2. The maximum absolute atomic E-state index is 6.09. The predicted octanol–water partition coefficient (Wildman–Crippen LogP) is 13.1. The summed E-state index contributed by atoms with van der Waals surface area (Å²) in [6.45, 7) is 14.5. The Balaban J connectivity index is 0.000000963. The van der Waals surface area contributed by atoms with Gasteiger partial charge in [0.2, 0.25) is 11.8 Å². The van der Waals surface area contributed by atoms with E-state index in [1.807, 2.05) is 64.1 Å². The fraction of sp³-hybridized carbons (Fsp3) is 0.171. The van der Waals surface area contributed by atoms with Crippen LogP contribution in [0, 0.1) is 20.8 Å². The third kappa shape index (κ3) is 5.97. The molecule has 0 atom stereocenters. The van der Waals surface area contributed by atoms with Crippen LogP contribution < -0.4 is 9.80 Å². The van der Waals surface area contributed by atoms with Gasteiger partial charge in [-0.3, -0.25) is 9.80 Å². The number of fused-ring (bicyclic) bond motifs is 2. The number of hydrogen-bond acceptors (Lipinski definition) is 4. The Morgan fingerprint density at radius 1 is 0.422 bits per heavy atom. The van der Waals surface area contributed by atoms with Gasteiger partial charge in [-0.2, -0.15) is 0 Å². The second-order valence-corrected chi connectivity index (χ2v) is 10.5. The summed E-state index contributed by atoms with van der Waals surface area (Å²) in [5.74, 6) is 1.52. The summed E-state index contributed by atoms with van der Waals surface area (Å²) in [5.41, 5.74) is 7.87. The lowest BCUT2D eigenvalue weighted by Gasteiger charge is -2.31. The molecule has 45 heavy (non-hydrogen) atoms. The molecule has 5 aromatic carbocycles. The van der Waals surface area contributed by atoms with Crippen molar-refractivity contribution in [3.63, 3.8) is 0 Å². The first-order valence-corrected chi connectivity index (χ1v) is 15.8. The molecule has 0 aliphatic rings. The summed E-state index contributed by atoms with van der Waals surface area (Å²) in [4.78, 5) is 4.47. The van der Waals surface area contributed by atoms with E-state index in [-0.39, 0.29) is 0 Å². The van der Waals surface area contributed by atoms with E-state index in [1.165, 1.54) is 16.7 Å². The van der Waals surface area contributed by atoms with Gasteiger partial charge in [-0.15, -0.1) is 0 Å². The third-order valence-electron chi connectivity index (χ3n) is 7.76. The van der Waals surface area contributed by atoms with E-state index in [0.29, 0.717) is 0 Å². The van der Waals surface area contributed by atoms with Gasteiger partial charge in [0.25, 0.3) is 0 Å². The van der Waals surface area contributed by atoms with Crippen molar-refractivity contribution in [1.29, 1.82) is 0 Å². The first-order valence-electron chi connectivity index (χ1n) is 15.8. The lowest BCUT2D eigenvalue weighted by atomic mass is 9.92. The third-order valence-corrected chi connectivity index (χ3v) is 7.76. The molecule has 228 valence electrons. The summed E-state index contributed by atoms with van der Waals surface area (Å²) in [7, 11) is 0. The molecule has 0 saturated heterocycles. The fourth-order valence-corrected chi connectivity index (χ4v) is 5.72. The molecule has 0 saturated carbocycles. The average molecular weight is 595 g/mol. The van der Waals surface area contributed by atoms with Crippen molar-refractivity contribution in [2.45, 2.75) is 48.5 Å². The molecule has 0 aliphatic heterocycles. The zero-order valence-electron chi connectivity index (χ0n) is 27.3. The topological polar surface area (TPSA) is 32.8 Å². The van der Waals surface area contributed by atoms with Crippen LogP contribution in [0.1, 0.15) is 44.4 Å². The molecule has 2 heterocycles. The number of benzene rings is 5. The largest absolute Gasteiger partial charge is 0.448 e. The molecule has 0 bridgehead atoms. The highest BCUT2D eigenvalue weighted by Gasteiger charge is 2.27. The van der Waals surface area contributed by atoms with Crippen LogP contribution >= 0.6 is 0 Å². The van der Waals surface area contributed by atoms with Crippen LogP contribution in [0.2, 0.25) is 0 Å². The van der Waals surface area contributed by atoms with Crippen LogP contribution in [0.4, 0.5) is 34.5 Å². The van der Waals surface area contributed by atoms with Gasteiger partial charge in [-0.1, -0.05) is 81.8 Å². The molecule has 0 unspecified atom stereocenters. The van der Waals surface area contributed by atoms with Gasteiger partial charge in [-0.25, -0.2) is 0 Å². The quantitative estimate of drug-likeness (QED) is 0.142. The molecule has 7 aromatic rings. The Bertz CT molecular complexity index is 1960. The van der Waals surface area contributed by atoms with Crippen molar-refractivity contribution < 1.29 is 8.83 Å². The smallest absolute Gasteiger partial charge is 0.204 e. The Morgan fingerprint density at radius 2 is 0.844 bits per heavy atom. The van der Waals surface area contributed by atoms with Crippen LogP contribution in [0.3, 0.4) is 0 Å². The first-order chi connectivity index (χ1) is 22.1. The van der Waals surface area contributed by atoms with Crippen LogP contribution in [0.25, 0.3) is 21.5 Å². The summed E-state index contributed by atoms with van der Waals surface area (Å²) < 4.78 is 12.2. The highest BCUT2D eigenvalue weighted by atomic mass is 16.3. The molecule has 2 aromatic heterocycles. The molecule has 0 amide bonds. The molecule has 0 radical (unpaired) electrons. The van der Waals surface area contributed by atoms with Crippen LogP contribution in [0.5, 0.6) is 0 Å². The average Bonchev–Trinajstić information content (AvgIpc) is 3.82. The van der Waals surface area contributed by atoms with Gasteiger partial charge in [0, 0.05) is 45.1 Å². The van der Waals surface area contributed by atoms with E-state index in [1.54, 1.807) is 12.5 Å². The highest BCUT2D eigenvalue weighted by molar-refractivity contribution is 6.23. The molecular weight excluding hydrogens is 552 g/mol. The van der Waals surface area contributed by atoms with E-state index in [0.717, 1.165) is 56.1 Å².